The molecule has 19 heavy (non-hydrogen) atoms. The minimum absolute atomic E-state index is 0.433. The van der Waals surface area contributed by atoms with Gasteiger partial charge in [-0.05, 0) is 54.3 Å². The maximum atomic E-state index is 3.78. The number of benzene rings is 2. The molecule has 0 saturated heterocycles. The summed E-state index contributed by atoms with van der Waals surface area (Å²) in [5, 5.41) is 0. The topological polar surface area (TPSA) is 0 Å². The van der Waals surface area contributed by atoms with Crippen molar-refractivity contribution in [3.8, 4) is 0 Å². The summed E-state index contributed by atoms with van der Waals surface area (Å²) in [6.45, 7) is 0. The van der Waals surface area contributed by atoms with Gasteiger partial charge in [-0.25, -0.2) is 0 Å². The average Bonchev–Trinajstić information content (AvgIpc) is 2.26. The Morgan fingerprint density at radius 2 is 1.32 bits per heavy atom. The largest absolute Gasteiger partial charge is 0.0883 e. The van der Waals surface area contributed by atoms with E-state index in [1.807, 2.05) is 0 Å². The Morgan fingerprint density at radius 3 is 1.95 bits per heavy atom. The molecule has 100 valence electrons. The van der Waals surface area contributed by atoms with Crippen LogP contribution in [0.25, 0.3) is 0 Å². The Labute approximate surface area is 147 Å². The van der Waals surface area contributed by atoms with E-state index in [1.165, 1.54) is 11.1 Å². The molecule has 0 saturated carbocycles. The monoisotopic (exact) mass is 508 g/mol. The molecule has 0 aliphatic rings. The van der Waals surface area contributed by atoms with Crippen LogP contribution < -0.4 is 0 Å². The number of rotatable bonds is 4. The molecule has 0 aliphatic carbocycles. The second-order valence-electron chi connectivity index (χ2n) is 4.41. The van der Waals surface area contributed by atoms with Gasteiger partial charge in [0.1, 0.15) is 0 Å². The molecule has 0 amide bonds. The molecule has 0 nitrogen and oxygen atoms in total. The van der Waals surface area contributed by atoms with Crippen molar-refractivity contribution in [1.82, 2.24) is 0 Å². The third-order valence-corrected chi connectivity index (χ3v) is 4.78. The molecule has 0 heterocycles. The van der Waals surface area contributed by atoms with Gasteiger partial charge in [0.25, 0.3) is 0 Å². The number of hydrogen-bond acceptors (Lipinski definition) is 0. The van der Waals surface area contributed by atoms with Crippen molar-refractivity contribution < 1.29 is 0 Å². The van der Waals surface area contributed by atoms with Gasteiger partial charge in [-0.2, -0.15) is 0 Å². The Hall–Kier alpha value is 0.360. The summed E-state index contributed by atoms with van der Waals surface area (Å²) in [5.74, 6) is 0. The van der Waals surface area contributed by atoms with Crippen molar-refractivity contribution in [3.63, 3.8) is 0 Å². The van der Waals surface area contributed by atoms with E-state index in [4.69, 9.17) is 0 Å². The Bertz CT molecular complexity index is 546. The van der Waals surface area contributed by atoms with Gasteiger partial charge >= 0.3 is 0 Å². The smallest absolute Gasteiger partial charge is 0.0226 e. The molecule has 0 fully saturated rings. The Morgan fingerprint density at radius 1 is 0.737 bits per heavy atom. The number of halogens is 4. The molecular weight excluding hydrogens is 500 g/mol. The van der Waals surface area contributed by atoms with E-state index < -0.39 is 0 Å². The minimum Gasteiger partial charge on any atom is -0.0883 e. The Kier molecular flexibility index (Phi) is 6.12. The van der Waals surface area contributed by atoms with Crippen LogP contribution in [-0.2, 0) is 12.8 Å². The zero-order valence-corrected chi connectivity index (χ0v) is 16.4. The van der Waals surface area contributed by atoms with Gasteiger partial charge in [0, 0.05) is 18.2 Å². The summed E-state index contributed by atoms with van der Waals surface area (Å²) in [6, 6.07) is 14.9. The highest BCUT2D eigenvalue weighted by Gasteiger charge is 2.08. The average molecular weight is 512 g/mol. The van der Waals surface area contributed by atoms with Gasteiger partial charge < -0.3 is 0 Å². The lowest BCUT2D eigenvalue weighted by Crippen LogP contribution is -2.06. The van der Waals surface area contributed by atoms with Gasteiger partial charge in [-0.3, -0.25) is 0 Å². The summed E-state index contributed by atoms with van der Waals surface area (Å²) in [7, 11) is 0. The maximum Gasteiger partial charge on any atom is 0.0226 e. The predicted octanol–water partition coefficient (Wildman–Crippen LogP) is 6.52. The summed E-state index contributed by atoms with van der Waals surface area (Å²) in [4.78, 5) is 0.433. The van der Waals surface area contributed by atoms with Gasteiger partial charge in [0.05, 0.1) is 0 Å². The van der Waals surface area contributed by atoms with Crippen LogP contribution >= 0.6 is 63.7 Å². The first-order chi connectivity index (χ1) is 9.02. The highest BCUT2D eigenvalue weighted by Crippen LogP contribution is 2.24. The van der Waals surface area contributed by atoms with Gasteiger partial charge in [-0.1, -0.05) is 75.9 Å². The van der Waals surface area contributed by atoms with Crippen molar-refractivity contribution in [1.29, 1.82) is 0 Å². The van der Waals surface area contributed by atoms with Crippen LogP contribution in [0.3, 0.4) is 0 Å². The summed E-state index contributed by atoms with van der Waals surface area (Å²) < 4.78 is 3.35. The molecule has 2 rings (SSSR count). The van der Waals surface area contributed by atoms with E-state index in [0.29, 0.717) is 4.83 Å². The van der Waals surface area contributed by atoms with Crippen molar-refractivity contribution in [3.05, 3.63) is 67.0 Å². The third-order valence-electron chi connectivity index (χ3n) is 2.73. The minimum atomic E-state index is 0.433. The van der Waals surface area contributed by atoms with E-state index >= 15 is 0 Å². The van der Waals surface area contributed by atoms with E-state index in [0.717, 1.165) is 26.3 Å². The highest BCUT2D eigenvalue weighted by molar-refractivity contribution is 9.11. The summed E-state index contributed by atoms with van der Waals surface area (Å²) >= 11 is 14.3. The molecule has 0 bridgehead atoms. The summed E-state index contributed by atoms with van der Waals surface area (Å²) in [6.07, 6.45) is 2.02. The third kappa shape index (κ3) is 5.33. The summed E-state index contributed by atoms with van der Waals surface area (Å²) in [5.41, 5.74) is 2.66. The lowest BCUT2D eigenvalue weighted by Gasteiger charge is -2.11. The van der Waals surface area contributed by atoms with E-state index in [2.05, 4.69) is 106 Å². The molecule has 1 atom stereocenters. The van der Waals surface area contributed by atoms with Crippen molar-refractivity contribution in [2.45, 2.75) is 17.7 Å². The zero-order chi connectivity index (χ0) is 13.8. The van der Waals surface area contributed by atoms with E-state index in [9.17, 15) is 0 Å². The van der Waals surface area contributed by atoms with Crippen LogP contribution in [0, 0.1) is 0 Å². The first-order valence-electron chi connectivity index (χ1n) is 5.86. The molecule has 2 aromatic rings. The maximum absolute atomic E-state index is 3.78. The molecule has 0 N–H and O–H groups in total. The first kappa shape index (κ1) is 15.7. The molecule has 0 aliphatic heterocycles. The Balaban J connectivity index is 2.03. The number of alkyl halides is 1. The van der Waals surface area contributed by atoms with Crippen molar-refractivity contribution in [2.24, 2.45) is 0 Å². The molecule has 1 unspecified atom stereocenters. The van der Waals surface area contributed by atoms with E-state index in [1.54, 1.807) is 0 Å². The molecular formula is C15H12Br4. The highest BCUT2D eigenvalue weighted by atomic mass is 79.9. The van der Waals surface area contributed by atoms with Crippen LogP contribution in [0.4, 0.5) is 0 Å². The zero-order valence-electron chi connectivity index (χ0n) is 10.0. The second kappa shape index (κ2) is 7.39. The normalized spacial score (nSPS) is 12.4. The van der Waals surface area contributed by atoms with Crippen LogP contribution in [0.1, 0.15) is 11.1 Å². The second-order valence-corrected chi connectivity index (χ2v) is 8.46. The standard InChI is InChI=1S/C15H12Br4/c16-12-3-1-2-10(4-12)5-13(17)6-11-7-14(18)9-15(19)8-11/h1-4,7-9,13H,5-6H2. The molecule has 0 aromatic heterocycles. The van der Waals surface area contributed by atoms with Crippen molar-refractivity contribution >= 4 is 63.7 Å². The van der Waals surface area contributed by atoms with E-state index in [-0.39, 0.29) is 0 Å². The van der Waals surface area contributed by atoms with Gasteiger partial charge in [0.2, 0.25) is 0 Å². The fourth-order valence-corrected chi connectivity index (χ4v) is 4.56. The van der Waals surface area contributed by atoms with Crippen molar-refractivity contribution in [2.75, 3.05) is 0 Å². The predicted molar refractivity (Wildman–Crippen MR) is 96.1 cm³/mol. The first-order valence-corrected chi connectivity index (χ1v) is 9.16. The van der Waals surface area contributed by atoms with Gasteiger partial charge in [0.15, 0.2) is 0 Å². The lowest BCUT2D eigenvalue weighted by atomic mass is 10.0. The molecule has 2 aromatic carbocycles. The lowest BCUT2D eigenvalue weighted by molar-refractivity contribution is 0.855. The number of hydrogen-bond donors (Lipinski definition) is 0. The molecule has 0 radical (unpaired) electrons. The van der Waals surface area contributed by atoms with Crippen LogP contribution in [0.5, 0.6) is 0 Å². The van der Waals surface area contributed by atoms with Crippen LogP contribution in [0.15, 0.2) is 55.9 Å². The fourth-order valence-electron chi connectivity index (χ4n) is 1.98. The molecule has 0 spiro atoms. The SMILES string of the molecule is Brc1cccc(CC(Br)Cc2cc(Br)cc(Br)c2)c1. The van der Waals surface area contributed by atoms with Crippen LogP contribution in [-0.4, -0.2) is 4.83 Å². The quantitative estimate of drug-likeness (QED) is 0.410. The van der Waals surface area contributed by atoms with Gasteiger partial charge in [-0.15, -0.1) is 0 Å². The fraction of sp³-hybridized carbons (Fsp3) is 0.200. The van der Waals surface area contributed by atoms with Crippen LogP contribution in [0.2, 0.25) is 0 Å². The molecule has 4 heteroatoms.